The number of ether oxygens (including phenoxy) is 1. The van der Waals surface area contributed by atoms with Gasteiger partial charge < -0.3 is 4.74 Å². The summed E-state index contributed by atoms with van der Waals surface area (Å²) in [5.74, 6) is 0. The van der Waals surface area contributed by atoms with E-state index < -0.39 is 0 Å². The molecule has 2 fully saturated rings. The van der Waals surface area contributed by atoms with Crippen LogP contribution in [0.3, 0.4) is 0 Å². The van der Waals surface area contributed by atoms with Crippen LogP contribution in [0.5, 0.6) is 0 Å². The fourth-order valence-corrected chi connectivity index (χ4v) is 3.95. The Balaban J connectivity index is 2.07. The van der Waals surface area contributed by atoms with E-state index in [-0.39, 0.29) is 5.50 Å². The Morgan fingerprint density at radius 1 is 0.950 bits per heavy atom. The number of halogens is 1. The summed E-state index contributed by atoms with van der Waals surface area (Å²) >= 11 is 6.84. The predicted octanol–water partition coefficient (Wildman–Crippen LogP) is 3.09. The molecule has 0 bridgehead atoms. The number of nitrogens with zero attached hydrogens (tertiary/aromatic N) is 2. The number of hydrogen-bond donors (Lipinski definition) is 0. The average molecular weight is 301 g/mol. The quantitative estimate of drug-likeness (QED) is 0.451. The lowest BCUT2D eigenvalue weighted by Gasteiger charge is -2.39. The van der Waals surface area contributed by atoms with Crippen LogP contribution < -0.4 is 0 Å². The first-order valence-corrected chi connectivity index (χ1v) is 8.42. The second kappa shape index (κ2) is 7.79. The molecule has 20 heavy (non-hydrogen) atoms. The van der Waals surface area contributed by atoms with Gasteiger partial charge in [0.05, 0.1) is 13.2 Å². The molecule has 0 N–H and O–H groups in total. The number of morpholine rings is 1. The first-order valence-electron chi connectivity index (χ1n) is 7.98. The van der Waals surface area contributed by atoms with Gasteiger partial charge in [-0.15, -0.1) is 11.6 Å². The molecule has 0 aromatic heterocycles. The van der Waals surface area contributed by atoms with Gasteiger partial charge in [0.25, 0.3) is 0 Å². The molecule has 2 rings (SSSR count). The molecule has 2 aliphatic heterocycles. The Morgan fingerprint density at radius 3 is 2.10 bits per heavy atom. The Kier molecular flexibility index (Phi) is 6.34. The fraction of sp³-hybridized carbons (Fsp3) is 0.875. The molecule has 0 aromatic carbocycles. The molecule has 0 amide bonds. The van der Waals surface area contributed by atoms with Crippen LogP contribution in [0, 0.1) is 0 Å². The molecule has 2 atom stereocenters. The van der Waals surface area contributed by atoms with Gasteiger partial charge in [-0.2, -0.15) is 0 Å². The van der Waals surface area contributed by atoms with Crippen molar-refractivity contribution in [2.75, 3.05) is 39.4 Å². The van der Waals surface area contributed by atoms with Gasteiger partial charge in [-0.05, 0) is 52.3 Å². The highest BCUT2D eigenvalue weighted by molar-refractivity contribution is 6.22. The molecule has 0 spiro atoms. The molecule has 0 saturated carbocycles. The van der Waals surface area contributed by atoms with E-state index in [0.29, 0.717) is 6.04 Å². The normalized spacial score (nSPS) is 25.2. The number of rotatable bonds is 4. The molecule has 0 radical (unpaired) electrons. The van der Waals surface area contributed by atoms with Crippen molar-refractivity contribution in [2.24, 2.45) is 0 Å². The highest BCUT2D eigenvalue weighted by Crippen LogP contribution is 2.27. The number of alkyl halides is 1. The number of piperidine rings is 1. The Labute approximate surface area is 128 Å². The smallest absolute Gasteiger partial charge is 0.108 e. The summed E-state index contributed by atoms with van der Waals surface area (Å²) in [6.07, 6.45) is 3.92. The molecule has 0 aromatic rings. The van der Waals surface area contributed by atoms with Gasteiger partial charge in [0, 0.05) is 19.1 Å². The van der Waals surface area contributed by atoms with E-state index in [9.17, 15) is 0 Å². The standard InChI is InChI=1S/C16H29ClN2O/c1-13(2)15(14(3)18-9-11-20-12-10-18)16(17)19-7-5-4-6-8-19/h14,16H,4-12H2,1-3H3. The maximum Gasteiger partial charge on any atom is 0.108 e. The van der Waals surface area contributed by atoms with Crippen molar-refractivity contribution in [3.8, 4) is 0 Å². The Morgan fingerprint density at radius 2 is 1.55 bits per heavy atom. The second-order valence-electron chi connectivity index (χ2n) is 6.21. The topological polar surface area (TPSA) is 15.7 Å². The SMILES string of the molecule is CC(C)=C(C(C)N1CCOCC1)C(Cl)N1CCCCC1. The van der Waals surface area contributed by atoms with Crippen molar-refractivity contribution in [3.05, 3.63) is 11.1 Å². The maximum atomic E-state index is 6.84. The summed E-state index contributed by atoms with van der Waals surface area (Å²) in [6, 6.07) is 0.410. The van der Waals surface area contributed by atoms with Crippen molar-refractivity contribution >= 4 is 11.6 Å². The van der Waals surface area contributed by atoms with E-state index in [0.717, 1.165) is 39.4 Å². The van der Waals surface area contributed by atoms with Crippen LogP contribution in [-0.4, -0.2) is 60.7 Å². The largest absolute Gasteiger partial charge is 0.379 e. The van der Waals surface area contributed by atoms with Crippen molar-refractivity contribution in [2.45, 2.75) is 51.6 Å². The van der Waals surface area contributed by atoms with Crippen molar-refractivity contribution in [1.29, 1.82) is 0 Å². The minimum atomic E-state index is 0.0538. The van der Waals surface area contributed by atoms with Crippen molar-refractivity contribution in [3.63, 3.8) is 0 Å². The molecule has 3 nitrogen and oxygen atoms in total. The Bertz CT molecular complexity index is 303. The zero-order valence-electron chi connectivity index (χ0n) is 13.2. The molecule has 2 aliphatic rings. The first kappa shape index (κ1) is 16.3. The Hall–Kier alpha value is -0.0900. The monoisotopic (exact) mass is 300 g/mol. The van der Waals surface area contributed by atoms with Gasteiger partial charge in [0.2, 0.25) is 0 Å². The summed E-state index contributed by atoms with van der Waals surface area (Å²) in [5.41, 5.74) is 2.82. The minimum Gasteiger partial charge on any atom is -0.379 e. The van der Waals surface area contributed by atoms with Gasteiger partial charge >= 0.3 is 0 Å². The zero-order valence-corrected chi connectivity index (χ0v) is 14.0. The van der Waals surface area contributed by atoms with Crippen molar-refractivity contribution in [1.82, 2.24) is 9.80 Å². The lowest BCUT2D eigenvalue weighted by molar-refractivity contribution is 0.0246. The van der Waals surface area contributed by atoms with Crippen LogP contribution in [0.15, 0.2) is 11.1 Å². The number of hydrogen-bond acceptors (Lipinski definition) is 3. The van der Waals surface area contributed by atoms with Gasteiger partial charge in [0.1, 0.15) is 5.50 Å². The number of allylic oxidation sites excluding steroid dienone is 1. The van der Waals surface area contributed by atoms with Crippen LogP contribution in [0.2, 0.25) is 0 Å². The molecule has 0 aliphatic carbocycles. The van der Waals surface area contributed by atoms with Gasteiger partial charge in [-0.3, -0.25) is 9.80 Å². The third-order valence-corrected chi connectivity index (χ3v) is 5.10. The van der Waals surface area contributed by atoms with Crippen LogP contribution >= 0.6 is 11.6 Å². The van der Waals surface area contributed by atoms with E-state index in [1.807, 2.05) is 0 Å². The first-order chi connectivity index (χ1) is 9.61. The molecular formula is C16H29ClN2O. The summed E-state index contributed by atoms with van der Waals surface area (Å²) < 4.78 is 5.47. The van der Waals surface area contributed by atoms with Gasteiger partial charge in [0.15, 0.2) is 0 Å². The van der Waals surface area contributed by atoms with E-state index in [2.05, 4.69) is 30.6 Å². The molecule has 116 valence electrons. The van der Waals surface area contributed by atoms with E-state index in [1.165, 1.54) is 30.4 Å². The summed E-state index contributed by atoms with van der Waals surface area (Å²) in [6.45, 7) is 12.7. The fourth-order valence-electron chi connectivity index (χ4n) is 3.36. The second-order valence-corrected chi connectivity index (χ2v) is 6.63. The lowest BCUT2D eigenvalue weighted by atomic mass is 9.99. The lowest BCUT2D eigenvalue weighted by Crippen LogP contribution is -2.47. The molecule has 2 saturated heterocycles. The summed E-state index contributed by atoms with van der Waals surface area (Å²) in [4.78, 5) is 4.95. The van der Waals surface area contributed by atoms with Gasteiger partial charge in [-0.25, -0.2) is 0 Å². The average Bonchev–Trinajstić information content (AvgIpc) is 2.48. The van der Waals surface area contributed by atoms with Crippen LogP contribution in [0.1, 0.15) is 40.0 Å². The highest BCUT2D eigenvalue weighted by atomic mass is 35.5. The third-order valence-electron chi connectivity index (χ3n) is 4.59. The third kappa shape index (κ3) is 3.97. The van der Waals surface area contributed by atoms with Gasteiger partial charge in [-0.1, -0.05) is 12.0 Å². The molecule has 2 heterocycles. The summed E-state index contributed by atoms with van der Waals surface area (Å²) in [5, 5.41) is 0. The van der Waals surface area contributed by atoms with Crippen molar-refractivity contribution < 1.29 is 4.74 Å². The van der Waals surface area contributed by atoms with E-state index in [4.69, 9.17) is 16.3 Å². The zero-order chi connectivity index (χ0) is 14.5. The number of likely N-dealkylation sites (tertiary alicyclic amines) is 1. The van der Waals surface area contributed by atoms with Crippen LogP contribution in [0.4, 0.5) is 0 Å². The molecular weight excluding hydrogens is 272 g/mol. The highest BCUT2D eigenvalue weighted by Gasteiger charge is 2.29. The molecule has 2 unspecified atom stereocenters. The minimum absolute atomic E-state index is 0.0538. The van der Waals surface area contributed by atoms with E-state index in [1.54, 1.807) is 0 Å². The summed E-state index contributed by atoms with van der Waals surface area (Å²) in [7, 11) is 0. The predicted molar refractivity (Wildman–Crippen MR) is 85.3 cm³/mol. The van der Waals surface area contributed by atoms with Crippen LogP contribution in [0.25, 0.3) is 0 Å². The maximum absolute atomic E-state index is 6.84. The van der Waals surface area contributed by atoms with Crippen LogP contribution in [-0.2, 0) is 4.74 Å². The van der Waals surface area contributed by atoms with E-state index >= 15 is 0 Å². The molecule has 4 heteroatoms.